The fourth-order valence-corrected chi connectivity index (χ4v) is 3.93. The summed E-state index contributed by atoms with van der Waals surface area (Å²) in [4.78, 5) is 10.7. The first-order chi connectivity index (χ1) is 13.7. The minimum Gasteiger partial charge on any atom is -0.324 e. The lowest BCUT2D eigenvalue weighted by Gasteiger charge is -2.20. The van der Waals surface area contributed by atoms with E-state index >= 15 is 0 Å². The topological polar surface area (TPSA) is 46.8 Å². The number of benzene rings is 1. The molecule has 29 heavy (non-hydrogen) atoms. The highest BCUT2D eigenvalue weighted by Gasteiger charge is 2.38. The van der Waals surface area contributed by atoms with Crippen molar-refractivity contribution in [3.8, 4) is 5.82 Å². The van der Waals surface area contributed by atoms with Crippen molar-refractivity contribution in [1.82, 2.24) is 19.7 Å². The van der Waals surface area contributed by atoms with Crippen molar-refractivity contribution in [2.45, 2.75) is 32.9 Å². The Labute approximate surface area is 175 Å². The molecule has 1 aliphatic rings. The number of alkyl halides is 3. The second-order valence-corrected chi connectivity index (χ2v) is 7.52. The van der Waals surface area contributed by atoms with Gasteiger partial charge in [0.15, 0.2) is 5.82 Å². The molecule has 0 unspecified atom stereocenters. The molecule has 10 heteroatoms. The Balaban J connectivity index is 1.89. The first-order valence-corrected chi connectivity index (χ1v) is 9.71. The van der Waals surface area contributed by atoms with Crippen LogP contribution in [-0.4, -0.2) is 26.3 Å². The van der Waals surface area contributed by atoms with Crippen LogP contribution in [0.2, 0.25) is 10.0 Å². The zero-order valence-corrected chi connectivity index (χ0v) is 17.1. The van der Waals surface area contributed by atoms with Gasteiger partial charge in [-0.25, -0.2) is 14.6 Å². The van der Waals surface area contributed by atoms with Gasteiger partial charge in [-0.05, 0) is 44.0 Å². The zero-order chi connectivity index (χ0) is 20.9. The number of halogens is 5. The molecular weight excluding hydrogens is 426 g/mol. The summed E-state index contributed by atoms with van der Waals surface area (Å²) >= 11 is 12.3. The van der Waals surface area contributed by atoms with Crippen LogP contribution in [-0.2, 0) is 19.0 Å². The molecule has 0 saturated heterocycles. The van der Waals surface area contributed by atoms with Crippen LogP contribution in [0.1, 0.15) is 29.7 Å². The fourth-order valence-electron chi connectivity index (χ4n) is 3.42. The fraction of sp³-hybridized carbons (Fsp3) is 0.316. The maximum atomic E-state index is 13.6. The SMILES string of the molecule is CCc1cc(C(F)(F)F)n(-c2nc(C)nc3c2CCN3c2ccc(Cl)cc2Cl)n1. The molecule has 3 aromatic rings. The predicted molar refractivity (Wildman–Crippen MR) is 105 cm³/mol. The van der Waals surface area contributed by atoms with E-state index in [0.29, 0.717) is 58.0 Å². The van der Waals surface area contributed by atoms with Gasteiger partial charge in [0.05, 0.1) is 16.4 Å². The smallest absolute Gasteiger partial charge is 0.324 e. The van der Waals surface area contributed by atoms with Gasteiger partial charge in [0, 0.05) is 17.1 Å². The highest BCUT2D eigenvalue weighted by Crippen LogP contribution is 2.40. The van der Waals surface area contributed by atoms with E-state index in [9.17, 15) is 13.2 Å². The average molecular weight is 442 g/mol. The Hall–Kier alpha value is -2.32. The average Bonchev–Trinajstić information content (AvgIpc) is 3.25. The number of anilines is 2. The Morgan fingerprint density at radius 1 is 1.10 bits per heavy atom. The van der Waals surface area contributed by atoms with Crippen LogP contribution < -0.4 is 4.90 Å². The summed E-state index contributed by atoms with van der Waals surface area (Å²) in [5.74, 6) is 1.02. The molecule has 3 heterocycles. The first-order valence-electron chi connectivity index (χ1n) is 8.95. The molecule has 2 aromatic heterocycles. The number of nitrogens with zero attached hydrogens (tertiary/aromatic N) is 5. The van der Waals surface area contributed by atoms with Gasteiger partial charge in [0.25, 0.3) is 0 Å². The normalized spacial score (nSPS) is 13.8. The number of aryl methyl sites for hydroxylation is 2. The quantitative estimate of drug-likeness (QED) is 0.534. The van der Waals surface area contributed by atoms with Crippen molar-refractivity contribution in [3.63, 3.8) is 0 Å². The van der Waals surface area contributed by atoms with Gasteiger partial charge in [-0.2, -0.15) is 18.3 Å². The Kier molecular flexibility index (Phi) is 4.94. The Bertz CT molecular complexity index is 1090. The number of hydrogen-bond donors (Lipinski definition) is 0. The van der Waals surface area contributed by atoms with Gasteiger partial charge in [-0.1, -0.05) is 30.1 Å². The van der Waals surface area contributed by atoms with Crippen molar-refractivity contribution in [3.05, 3.63) is 57.1 Å². The summed E-state index contributed by atoms with van der Waals surface area (Å²) in [6.45, 7) is 3.90. The molecule has 0 saturated carbocycles. The van der Waals surface area contributed by atoms with Gasteiger partial charge >= 0.3 is 6.18 Å². The minimum absolute atomic E-state index is 0.145. The Morgan fingerprint density at radius 2 is 1.83 bits per heavy atom. The van der Waals surface area contributed by atoms with Gasteiger partial charge in [-0.3, -0.25) is 0 Å². The lowest BCUT2D eigenvalue weighted by Crippen LogP contribution is -2.17. The van der Waals surface area contributed by atoms with Crippen molar-refractivity contribution >= 4 is 34.7 Å². The number of fused-ring (bicyclic) bond motifs is 1. The van der Waals surface area contributed by atoms with Crippen LogP contribution in [0.15, 0.2) is 24.3 Å². The summed E-state index contributed by atoms with van der Waals surface area (Å²) in [7, 11) is 0. The molecular formula is C19H16Cl2F3N5. The molecule has 0 atom stereocenters. The van der Waals surface area contributed by atoms with Crippen LogP contribution >= 0.6 is 23.2 Å². The third kappa shape index (κ3) is 3.55. The zero-order valence-electron chi connectivity index (χ0n) is 15.6. The van der Waals surface area contributed by atoms with E-state index in [0.717, 1.165) is 10.7 Å². The summed E-state index contributed by atoms with van der Waals surface area (Å²) in [6.07, 6.45) is -3.71. The largest absolute Gasteiger partial charge is 0.433 e. The van der Waals surface area contributed by atoms with E-state index in [1.54, 1.807) is 32.0 Å². The standard InChI is InChI=1S/C19H16Cl2F3N5/c1-3-12-9-16(19(22,23)24)29(27-12)18-13-6-7-28(17(13)25-10(2)26-18)15-5-4-11(20)8-14(15)21/h4-5,8-9H,3,6-7H2,1-2H3. The maximum Gasteiger partial charge on any atom is 0.433 e. The summed E-state index contributed by atoms with van der Waals surface area (Å²) in [5, 5.41) is 5.09. The number of rotatable bonds is 3. The first kappa shape index (κ1) is 20.0. The molecule has 0 amide bonds. The van der Waals surface area contributed by atoms with E-state index < -0.39 is 11.9 Å². The lowest BCUT2D eigenvalue weighted by molar-refractivity contribution is -0.142. The molecule has 0 radical (unpaired) electrons. The summed E-state index contributed by atoms with van der Waals surface area (Å²) in [5.41, 5.74) is 0.776. The van der Waals surface area contributed by atoms with E-state index in [4.69, 9.17) is 23.2 Å². The van der Waals surface area contributed by atoms with E-state index in [1.165, 1.54) is 0 Å². The van der Waals surface area contributed by atoms with Crippen molar-refractivity contribution < 1.29 is 13.2 Å². The molecule has 0 bridgehead atoms. The van der Waals surface area contributed by atoms with Gasteiger partial charge in [0.2, 0.25) is 0 Å². The molecule has 4 rings (SSSR count). The van der Waals surface area contributed by atoms with Crippen LogP contribution in [0.25, 0.3) is 5.82 Å². The van der Waals surface area contributed by atoms with Crippen LogP contribution in [0.5, 0.6) is 0 Å². The predicted octanol–water partition coefficient (Wildman–Crippen LogP) is 5.55. The van der Waals surface area contributed by atoms with Gasteiger partial charge in [-0.15, -0.1) is 0 Å². The highest BCUT2D eigenvalue weighted by atomic mass is 35.5. The van der Waals surface area contributed by atoms with E-state index in [2.05, 4.69) is 15.1 Å². The minimum atomic E-state index is -4.55. The molecule has 0 spiro atoms. The highest BCUT2D eigenvalue weighted by molar-refractivity contribution is 6.36. The number of aromatic nitrogens is 4. The monoisotopic (exact) mass is 441 g/mol. The van der Waals surface area contributed by atoms with Crippen LogP contribution in [0, 0.1) is 6.92 Å². The second-order valence-electron chi connectivity index (χ2n) is 6.68. The molecule has 1 aromatic carbocycles. The third-order valence-corrected chi connectivity index (χ3v) is 5.27. The number of hydrogen-bond acceptors (Lipinski definition) is 4. The van der Waals surface area contributed by atoms with Gasteiger partial charge < -0.3 is 4.90 Å². The molecule has 0 fully saturated rings. The summed E-state index contributed by atoms with van der Waals surface area (Å²) < 4.78 is 41.8. The van der Waals surface area contributed by atoms with Gasteiger partial charge in [0.1, 0.15) is 17.3 Å². The Morgan fingerprint density at radius 3 is 2.48 bits per heavy atom. The second kappa shape index (κ2) is 7.18. The lowest BCUT2D eigenvalue weighted by atomic mass is 10.2. The molecule has 0 N–H and O–H groups in total. The maximum absolute atomic E-state index is 13.6. The molecule has 152 valence electrons. The third-order valence-electron chi connectivity index (χ3n) is 4.73. The van der Waals surface area contributed by atoms with Crippen molar-refractivity contribution in [2.24, 2.45) is 0 Å². The summed E-state index contributed by atoms with van der Waals surface area (Å²) in [6, 6.07) is 6.15. The van der Waals surface area contributed by atoms with Crippen LogP contribution in [0.3, 0.4) is 0 Å². The molecule has 1 aliphatic heterocycles. The molecule has 0 aliphatic carbocycles. The van der Waals surface area contributed by atoms with Crippen molar-refractivity contribution in [1.29, 1.82) is 0 Å². The van der Waals surface area contributed by atoms with Crippen molar-refractivity contribution in [2.75, 3.05) is 11.4 Å². The van der Waals surface area contributed by atoms with Crippen LogP contribution in [0.4, 0.5) is 24.7 Å². The van der Waals surface area contributed by atoms with E-state index in [1.807, 2.05) is 4.90 Å². The molecule has 5 nitrogen and oxygen atoms in total. The van der Waals surface area contributed by atoms with E-state index in [-0.39, 0.29) is 5.82 Å².